The fourth-order valence-corrected chi connectivity index (χ4v) is 2.95. The van der Waals surface area contributed by atoms with Gasteiger partial charge in [-0.15, -0.1) is 0 Å². The lowest BCUT2D eigenvalue weighted by Gasteiger charge is -2.33. The Labute approximate surface area is 153 Å². The lowest BCUT2D eigenvalue weighted by molar-refractivity contribution is 0.0199. The number of nitrogens with zero attached hydrogens (tertiary/aromatic N) is 1. The summed E-state index contributed by atoms with van der Waals surface area (Å²) >= 11 is 2.88. The van der Waals surface area contributed by atoms with Crippen LogP contribution in [0.4, 0.5) is 13.6 Å². The zero-order valence-corrected chi connectivity index (χ0v) is 16.0. The molecule has 1 aromatic rings. The number of rotatable bonds is 2. The number of likely N-dealkylation sites (tertiary alicyclic amines) is 1. The Hall–Kier alpha value is -1.70. The number of ether oxygens (including phenoxy) is 1. The molecule has 1 fully saturated rings. The van der Waals surface area contributed by atoms with E-state index in [1.807, 2.05) is 0 Å². The van der Waals surface area contributed by atoms with Gasteiger partial charge >= 0.3 is 6.09 Å². The van der Waals surface area contributed by atoms with Gasteiger partial charge in [-0.05, 0) is 61.7 Å². The van der Waals surface area contributed by atoms with Crippen LogP contribution in [0.1, 0.15) is 44.0 Å². The molecule has 8 heteroatoms. The summed E-state index contributed by atoms with van der Waals surface area (Å²) < 4.78 is 32.6. The van der Waals surface area contributed by atoms with Gasteiger partial charge in [-0.1, -0.05) is 0 Å². The molecule has 5 nitrogen and oxygen atoms in total. The number of halogens is 3. The van der Waals surface area contributed by atoms with Crippen molar-refractivity contribution in [2.45, 2.75) is 45.3 Å². The molecule has 1 N–H and O–H groups in total. The quantitative estimate of drug-likeness (QED) is 0.741. The molecule has 0 aromatic heterocycles. The van der Waals surface area contributed by atoms with Crippen LogP contribution >= 0.6 is 15.9 Å². The molecular formula is C17H21BrF2N2O3. The molecule has 2 rings (SSSR count). The summed E-state index contributed by atoms with van der Waals surface area (Å²) in [5.74, 6) is -2.17. The second kappa shape index (κ2) is 7.68. The van der Waals surface area contributed by atoms with Gasteiger partial charge in [0.15, 0.2) is 0 Å². The summed E-state index contributed by atoms with van der Waals surface area (Å²) in [7, 11) is 0. The lowest BCUT2D eigenvalue weighted by atomic mass is 10.0. The number of hydrogen-bond acceptors (Lipinski definition) is 3. The number of benzene rings is 1. The van der Waals surface area contributed by atoms with Gasteiger partial charge < -0.3 is 15.0 Å². The van der Waals surface area contributed by atoms with E-state index in [1.54, 1.807) is 25.7 Å². The van der Waals surface area contributed by atoms with E-state index in [9.17, 15) is 18.4 Å². The first-order chi connectivity index (χ1) is 11.6. The molecule has 0 spiro atoms. The van der Waals surface area contributed by atoms with Crippen LogP contribution in [0.5, 0.6) is 0 Å². The van der Waals surface area contributed by atoms with Crippen LogP contribution in [0.25, 0.3) is 0 Å². The van der Waals surface area contributed by atoms with Crippen LogP contribution in [-0.2, 0) is 4.74 Å². The van der Waals surface area contributed by atoms with E-state index in [0.29, 0.717) is 25.9 Å². The maximum atomic E-state index is 14.0. The van der Waals surface area contributed by atoms with Crippen molar-refractivity contribution in [3.8, 4) is 0 Å². The molecule has 2 amide bonds. The molecule has 0 atom stereocenters. The molecular weight excluding hydrogens is 398 g/mol. The van der Waals surface area contributed by atoms with E-state index in [1.165, 1.54) is 0 Å². The maximum Gasteiger partial charge on any atom is 0.410 e. The van der Waals surface area contributed by atoms with Gasteiger partial charge in [0.1, 0.15) is 17.2 Å². The molecule has 138 valence electrons. The van der Waals surface area contributed by atoms with Crippen LogP contribution in [0.3, 0.4) is 0 Å². The molecule has 0 saturated carbocycles. The minimum Gasteiger partial charge on any atom is -0.444 e. The molecule has 1 aliphatic heterocycles. The smallest absolute Gasteiger partial charge is 0.410 e. The van der Waals surface area contributed by atoms with Crippen molar-refractivity contribution < 1.29 is 23.1 Å². The highest BCUT2D eigenvalue weighted by molar-refractivity contribution is 9.10. The molecule has 0 bridgehead atoms. The largest absolute Gasteiger partial charge is 0.444 e. The summed E-state index contributed by atoms with van der Waals surface area (Å²) in [5.41, 5.74) is -0.911. The zero-order valence-electron chi connectivity index (χ0n) is 14.4. The van der Waals surface area contributed by atoms with E-state index in [4.69, 9.17) is 4.74 Å². The van der Waals surface area contributed by atoms with Gasteiger partial charge in [0.05, 0.1) is 10.0 Å². The molecule has 1 heterocycles. The Morgan fingerprint density at radius 2 is 1.84 bits per heavy atom. The van der Waals surface area contributed by atoms with Crippen LogP contribution < -0.4 is 5.32 Å². The SMILES string of the molecule is CC(C)(C)OC(=O)N1CCC(NC(=O)c2cc(F)cc(Br)c2F)CC1. The van der Waals surface area contributed by atoms with Crippen LogP contribution in [0.2, 0.25) is 0 Å². The number of piperidine rings is 1. The summed E-state index contributed by atoms with van der Waals surface area (Å²) in [6.07, 6.45) is 0.643. The molecule has 1 aromatic carbocycles. The summed E-state index contributed by atoms with van der Waals surface area (Å²) in [5, 5.41) is 2.69. The van der Waals surface area contributed by atoms with Crippen LogP contribution in [-0.4, -0.2) is 41.6 Å². The number of carbonyl (C=O) groups excluding carboxylic acids is 2. The normalized spacial score (nSPS) is 15.8. The fraction of sp³-hybridized carbons (Fsp3) is 0.529. The first-order valence-corrected chi connectivity index (χ1v) is 8.79. The van der Waals surface area contributed by atoms with Crippen molar-refractivity contribution in [1.82, 2.24) is 10.2 Å². The number of hydrogen-bond donors (Lipinski definition) is 1. The number of amides is 2. The Kier molecular flexibility index (Phi) is 6.03. The van der Waals surface area contributed by atoms with Gasteiger partial charge in [0.25, 0.3) is 5.91 Å². The molecule has 25 heavy (non-hydrogen) atoms. The molecule has 0 aliphatic carbocycles. The van der Waals surface area contributed by atoms with Crippen molar-refractivity contribution in [2.75, 3.05) is 13.1 Å². The van der Waals surface area contributed by atoms with E-state index in [0.717, 1.165) is 12.1 Å². The average molecular weight is 419 g/mol. The predicted octanol–water partition coefficient (Wildman–Crippen LogP) is 3.86. The van der Waals surface area contributed by atoms with Gasteiger partial charge in [-0.3, -0.25) is 4.79 Å². The second-order valence-electron chi connectivity index (χ2n) is 6.96. The Morgan fingerprint density at radius 1 is 1.24 bits per heavy atom. The topological polar surface area (TPSA) is 58.6 Å². The van der Waals surface area contributed by atoms with Gasteiger partial charge in [0, 0.05) is 19.1 Å². The number of nitrogens with one attached hydrogen (secondary N) is 1. The third-order valence-corrected chi connectivity index (χ3v) is 4.30. The first kappa shape index (κ1) is 19.6. The Bertz CT molecular complexity index is 669. The maximum absolute atomic E-state index is 14.0. The molecule has 1 saturated heterocycles. The van der Waals surface area contributed by atoms with Crippen molar-refractivity contribution in [3.63, 3.8) is 0 Å². The monoisotopic (exact) mass is 418 g/mol. The minimum absolute atomic E-state index is 0.0996. The van der Waals surface area contributed by atoms with Crippen molar-refractivity contribution in [3.05, 3.63) is 33.8 Å². The summed E-state index contributed by atoms with van der Waals surface area (Å²) in [6, 6.07) is 1.61. The summed E-state index contributed by atoms with van der Waals surface area (Å²) in [4.78, 5) is 25.8. The molecule has 1 aliphatic rings. The Balaban J connectivity index is 1.92. The Morgan fingerprint density at radius 3 is 2.40 bits per heavy atom. The van der Waals surface area contributed by atoms with E-state index >= 15 is 0 Å². The third kappa shape index (κ3) is 5.39. The van der Waals surface area contributed by atoms with Crippen LogP contribution in [0.15, 0.2) is 16.6 Å². The predicted molar refractivity (Wildman–Crippen MR) is 92.4 cm³/mol. The summed E-state index contributed by atoms with van der Waals surface area (Å²) in [6.45, 7) is 6.24. The standard InChI is InChI=1S/C17H21BrF2N2O3/c1-17(2,3)25-16(24)22-6-4-11(5-7-22)21-15(23)12-8-10(19)9-13(18)14(12)20/h8-9,11H,4-7H2,1-3H3,(H,21,23). The highest BCUT2D eigenvalue weighted by atomic mass is 79.9. The van der Waals surface area contributed by atoms with Crippen molar-refractivity contribution >= 4 is 27.9 Å². The number of carbonyl (C=O) groups is 2. The van der Waals surface area contributed by atoms with Gasteiger partial charge in [-0.25, -0.2) is 13.6 Å². The van der Waals surface area contributed by atoms with Gasteiger partial charge in [0.2, 0.25) is 0 Å². The second-order valence-corrected chi connectivity index (χ2v) is 7.82. The van der Waals surface area contributed by atoms with E-state index < -0.39 is 29.2 Å². The van der Waals surface area contributed by atoms with Crippen molar-refractivity contribution in [2.24, 2.45) is 0 Å². The minimum atomic E-state index is -0.801. The average Bonchev–Trinajstić information content (AvgIpc) is 2.49. The third-order valence-electron chi connectivity index (χ3n) is 3.72. The van der Waals surface area contributed by atoms with Gasteiger partial charge in [-0.2, -0.15) is 0 Å². The highest BCUT2D eigenvalue weighted by Crippen LogP contribution is 2.22. The van der Waals surface area contributed by atoms with E-state index in [-0.39, 0.29) is 16.1 Å². The molecule has 0 radical (unpaired) electrons. The fourth-order valence-electron chi connectivity index (χ4n) is 2.52. The zero-order chi connectivity index (χ0) is 18.8. The van der Waals surface area contributed by atoms with Crippen LogP contribution in [0, 0.1) is 11.6 Å². The molecule has 0 unspecified atom stereocenters. The first-order valence-electron chi connectivity index (χ1n) is 8.00. The lowest BCUT2D eigenvalue weighted by Crippen LogP contribution is -2.47. The van der Waals surface area contributed by atoms with E-state index in [2.05, 4.69) is 21.2 Å². The van der Waals surface area contributed by atoms with Crippen molar-refractivity contribution in [1.29, 1.82) is 0 Å². The highest BCUT2D eigenvalue weighted by Gasteiger charge is 2.28.